The Bertz CT molecular complexity index is 159. The summed E-state index contributed by atoms with van der Waals surface area (Å²) in [6.45, 7) is 11.4. The molecule has 0 aromatic carbocycles. The molecular weight excluding hydrogens is 176 g/mol. The van der Waals surface area contributed by atoms with Gasteiger partial charge in [-0.15, -0.1) is 0 Å². The van der Waals surface area contributed by atoms with Gasteiger partial charge in [-0.2, -0.15) is 0 Å². The summed E-state index contributed by atoms with van der Waals surface area (Å²) in [4.78, 5) is 13.6. The lowest BCUT2D eigenvalue weighted by Gasteiger charge is -2.24. The van der Waals surface area contributed by atoms with Gasteiger partial charge in [-0.1, -0.05) is 27.2 Å². The van der Waals surface area contributed by atoms with E-state index in [2.05, 4.69) is 19.2 Å². The predicted molar refractivity (Wildman–Crippen MR) is 60.3 cm³/mol. The average molecular weight is 200 g/mol. The van der Waals surface area contributed by atoms with Crippen LogP contribution < -0.4 is 5.32 Å². The van der Waals surface area contributed by atoms with Crippen LogP contribution in [0.4, 0.5) is 0 Å². The zero-order chi connectivity index (χ0) is 11.0. The van der Waals surface area contributed by atoms with Gasteiger partial charge in [0, 0.05) is 13.1 Å². The maximum Gasteiger partial charge on any atom is 0.236 e. The van der Waals surface area contributed by atoms with Crippen LogP contribution in [0.2, 0.25) is 0 Å². The van der Waals surface area contributed by atoms with E-state index in [1.165, 1.54) is 0 Å². The average Bonchev–Trinajstić information content (AvgIpc) is 2.21. The molecule has 1 unspecified atom stereocenters. The quantitative estimate of drug-likeness (QED) is 0.675. The first-order valence-corrected chi connectivity index (χ1v) is 5.64. The maximum atomic E-state index is 11.6. The number of nitrogens with zero attached hydrogens (tertiary/aromatic N) is 1. The molecule has 3 nitrogen and oxygen atoms in total. The van der Waals surface area contributed by atoms with Crippen molar-refractivity contribution < 1.29 is 4.79 Å². The number of rotatable bonds is 7. The van der Waals surface area contributed by atoms with Crippen molar-refractivity contribution in [1.82, 2.24) is 10.2 Å². The van der Waals surface area contributed by atoms with E-state index < -0.39 is 0 Å². The van der Waals surface area contributed by atoms with E-state index in [4.69, 9.17) is 0 Å². The topological polar surface area (TPSA) is 32.3 Å². The van der Waals surface area contributed by atoms with Crippen molar-refractivity contribution >= 4 is 5.91 Å². The summed E-state index contributed by atoms with van der Waals surface area (Å²) in [6.07, 6.45) is 1.13. The Morgan fingerprint density at radius 1 is 1.36 bits per heavy atom. The van der Waals surface area contributed by atoms with Crippen LogP contribution in [-0.4, -0.2) is 37.0 Å². The molecule has 0 saturated carbocycles. The van der Waals surface area contributed by atoms with Gasteiger partial charge >= 0.3 is 0 Å². The molecular formula is C11H24N2O. The highest BCUT2D eigenvalue weighted by Crippen LogP contribution is 2.03. The van der Waals surface area contributed by atoms with Crippen LogP contribution in [0.15, 0.2) is 0 Å². The Morgan fingerprint density at radius 2 is 2.00 bits per heavy atom. The molecule has 0 fully saturated rings. The van der Waals surface area contributed by atoms with Crippen LogP contribution in [-0.2, 0) is 4.79 Å². The van der Waals surface area contributed by atoms with Crippen LogP contribution in [0.1, 0.15) is 34.1 Å². The molecule has 0 aliphatic heterocycles. The number of carbonyl (C=O) groups is 1. The summed E-state index contributed by atoms with van der Waals surface area (Å²) in [7, 11) is 0. The summed E-state index contributed by atoms with van der Waals surface area (Å²) in [5.74, 6) is 0.815. The van der Waals surface area contributed by atoms with E-state index in [1.54, 1.807) is 0 Å². The molecule has 1 amide bonds. The first kappa shape index (κ1) is 13.4. The van der Waals surface area contributed by atoms with Gasteiger partial charge in [0.2, 0.25) is 5.91 Å². The van der Waals surface area contributed by atoms with E-state index in [-0.39, 0.29) is 5.91 Å². The fourth-order valence-electron chi connectivity index (χ4n) is 1.26. The van der Waals surface area contributed by atoms with E-state index in [0.29, 0.717) is 12.5 Å². The maximum absolute atomic E-state index is 11.6. The first-order chi connectivity index (χ1) is 6.65. The fraction of sp³-hybridized carbons (Fsp3) is 0.909. The minimum absolute atomic E-state index is 0.217. The Kier molecular flexibility index (Phi) is 7.48. The number of carbonyl (C=O) groups excluding carboxylic acids is 1. The van der Waals surface area contributed by atoms with Crippen molar-refractivity contribution in [3.8, 4) is 0 Å². The van der Waals surface area contributed by atoms with Crippen LogP contribution >= 0.6 is 0 Å². The number of amides is 1. The number of hydrogen-bond acceptors (Lipinski definition) is 2. The molecule has 0 radical (unpaired) electrons. The van der Waals surface area contributed by atoms with Crippen molar-refractivity contribution in [2.45, 2.75) is 34.1 Å². The lowest BCUT2D eigenvalue weighted by molar-refractivity contribution is -0.130. The Hall–Kier alpha value is -0.570. The molecule has 0 aliphatic rings. The molecule has 0 aromatic rings. The van der Waals surface area contributed by atoms with Gasteiger partial charge in [-0.05, 0) is 19.4 Å². The Labute approximate surface area is 87.9 Å². The largest absolute Gasteiger partial charge is 0.342 e. The van der Waals surface area contributed by atoms with Crippen molar-refractivity contribution in [2.24, 2.45) is 5.92 Å². The summed E-state index contributed by atoms with van der Waals surface area (Å²) < 4.78 is 0. The molecule has 1 N–H and O–H groups in total. The molecule has 3 heteroatoms. The molecule has 1 atom stereocenters. The predicted octanol–water partition coefficient (Wildman–Crippen LogP) is 1.49. The van der Waals surface area contributed by atoms with Gasteiger partial charge in [0.25, 0.3) is 0 Å². The van der Waals surface area contributed by atoms with Crippen molar-refractivity contribution in [3.63, 3.8) is 0 Å². The third-order valence-corrected chi connectivity index (χ3v) is 2.49. The van der Waals surface area contributed by atoms with E-state index in [1.807, 2.05) is 18.7 Å². The SMILES string of the molecule is CCNCC(=O)N(CC)CC(C)CC. The lowest BCUT2D eigenvalue weighted by Crippen LogP contribution is -2.40. The second-order valence-corrected chi connectivity index (χ2v) is 3.73. The number of nitrogens with one attached hydrogen (secondary N) is 1. The highest BCUT2D eigenvalue weighted by Gasteiger charge is 2.12. The zero-order valence-electron chi connectivity index (χ0n) is 9.97. The summed E-state index contributed by atoms with van der Waals surface area (Å²) in [5, 5.41) is 3.06. The summed E-state index contributed by atoms with van der Waals surface area (Å²) in [6, 6.07) is 0. The van der Waals surface area contributed by atoms with E-state index in [9.17, 15) is 4.79 Å². The molecule has 0 aliphatic carbocycles. The molecule has 84 valence electrons. The molecule has 0 bridgehead atoms. The molecule has 0 saturated heterocycles. The van der Waals surface area contributed by atoms with Gasteiger partial charge in [0.15, 0.2) is 0 Å². The van der Waals surface area contributed by atoms with Gasteiger partial charge in [-0.3, -0.25) is 4.79 Å². The monoisotopic (exact) mass is 200 g/mol. The van der Waals surface area contributed by atoms with Gasteiger partial charge in [-0.25, -0.2) is 0 Å². The van der Waals surface area contributed by atoms with Gasteiger partial charge in [0.1, 0.15) is 0 Å². The number of hydrogen-bond donors (Lipinski definition) is 1. The third kappa shape index (κ3) is 5.22. The van der Waals surface area contributed by atoms with Gasteiger partial charge < -0.3 is 10.2 Å². The molecule has 0 spiro atoms. The summed E-state index contributed by atoms with van der Waals surface area (Å²) in [5.41, 5.74) is 0. The van der Waals surface area contributed by atoms with Crippen molar-refractivity contribution in [1.29, 1.82) is 0 Å². The minimum atomic E-state index is 0.217. The van der Waals surface area contributed by atoms with Crippen molar-refractivity contribution in [3.05, 3.63) is 0 Å². The van der Waals surface area contributed by atoms with Crippen molar-refractivity contribution in [2.75, 3.05) is 26.2 Å². The standard InChI is InChI=1S/C11H24N2O/c1-5-10(4)9-13(7-3)11(14)8-12-6-2/h10,12H,5-9H2,1-4H3. The first-order valence-electron chi connectivity index (χ1n) is 5.64. The van der Waals surface area contributed by atoms with E-state index in [0.717, 1.165) is 26.1 Å². The zero-order valence-corrected chi connectivity index (χ0v) is 9.97. The van der Waals surface area contributed by atoms with Crippen LogP contribution in [0.3, 0.4) is 0 Å². The molecule has 0 aromatic heterocycles. The Morgan fingerprint density at radius 3 is 2.43 bits per heavy atom. The summed E-state index contributed by atoms with van der Waals surface area (Å²) >= 11 is 0. The normalized spacial score (nSPS) is 12.6. The van der Waals surface area contributed by atoms with Gasteiger partial charge in [0.05, 0.1) is 6.54 Å². The second kappa shape index (κ2) is 7.80. The highest BCUT2D eigenvalue weighted by atomic mass is 16.2. The minimum Gasteiger partial charge on any atom is -0.342 e. The molecule has 0 heterocycles. The fourth-order valence-corrected chi connectivity index (χ4v) is 1.26. The molecule has 0 rings (SSSR count). The smallest absolute Gasteiger partial charge is 0.236 e. The second-order valence-electron chi connectivity index (χ2n) is 3.73. The van der Waals surface area contributed by atoms with Crippen LogP contribution in [0, 0.1) is 5.92 Å². The van der Waals surface area contributed by atoms with E-state index >= 15 is 0 Å². The Balaban J connectivity index is 3.92. The van der Waals surface area contributed by atoms with Crippen LogP contribution in [0.5, 0.6) is 0 Å². The number of likely N-dealkylation sites (N-methyl/N-ethyl adjacent to an activating group) is 2. The van der Waals surface area contributed by atoms with Crippen LogP contribution in [0.25, 0.3) is 0 Å². The molecule has 14 heavy (non-hydrogen) atoms. The third-order valence-electron chi connectivity index (χ3n) is 2.49. The highest BCUT2D eigenvalue weighted by molar-refractivity contribution is 5.78. The lowest BCUT2D eigenvalue weighted by atomic mass is 10.1.